The van der Waals surface area contributed by atoms with Crippen molar-refractivity contribution in [2.45, 2.75) is 11.1 Å². The third-order valence-electron chi connectivity index (χ3n) is 1.84. The van der Waals surface area contributed by atoms with Crippen LogP contribution in [0.1, 0.15) is 5.56 Å². The summed E-state index contributed by atoms with van der Waals surface area (Å²) in [6.45, 7) is 0. The van der Waals surface area contributed by atoms with Crippen LogP contribution >= 0.6 is 22.3 Å². The minimum atomic E-state index is -3.94. The summed E-state index contributed by atoms with van der Waals surface area (Å²) < 4.78 is 26.9. The number of halogens is 2. The second-order valence-electron chi connectivity index (χ2n) is 2.82. The maximum atomic E-state index is 11.0. The highest BCUT2D eigenvalue weighted by Gasteiger charge is 2.19. The van der Waals surface area contributed by atoms with E-state index in [1.165, 1.54) is 0 Å². The van der Waals surface area contributed by atoms with Crippen LogP contribution in [0.15, 0.2) is 27.8 Å². The molecule has 0 saturated heterocycles. The quantitative estimate of drug-likeness (QED) is 0.619. The maximum Gasteiger partial charge on any atom is 0.332 e. The lowest BCUT2D eigenvalue weighted by Crippen LogP contribution is -1.89. The summed E-state index contributed by atoms with van der Waals surface area (Å²) in [5.74, 6) is 0.228. The van der Waals surface area contributed by atoms with Gasteiger partial charge in [-0.1, -0.05) is 12.1 Å². The number of hydrogen-bond donors (Lipinski definition) is 0. The van der Waals surface area contributed by atoms with Gasteiger partial charge in [-0.3, -0.25) is 0 Å². The summed E-state index contributed by atoms with van der Waals surface area (Å²) >= 11 is 5.67. The molecule has 0 aliphatic rings. The molecule has 1 aromatic carbocycles. The Morgan fingerprint density at radius 3 is 2.73 bits per heavy atom. The molecule has 0 aliphatic heterocycles. The molecule has 0 atom stereocenters. The SMILES string of the molecule is O=S(=O)(Cl)c1nc2c(CCl)cccc2o1. The summed E-state index contributed by atoms with van der Waals surface area (Å²) in [5, 5.41) is -0.503. The molecule has 0 fully saturated rings. The molecule has 0 amide bonds. The number of nitrogens with zero attached hydrogens (tertiary/aromatic N) is 1. The van der Waals surface area contributed by atoms with Gasteiger partial charge in [0.15, 0.2) is 5.58 Å². The Morgan fingerprint density at radius 1 is 1.40 bits per heavy atom. The molecular weight excluding hydrogens is 261 g/mol. The summed E-state index contributed by atoms with van der Waals surface area (Å²) in [4.78, 5) is 3.78. The van der Waals surface area contributed by atoms with Gasteiger partial charge in [-0.2, -0.15) is 4.98 Å². The van der Waals surface area contributed by atoms with E-state index in [0.717, 1.165) is 0 Å². The molecule has 0 unspecified atom stereocenters. The van der Waals surface area contributed by atoms with Crippen molar-refractivity contribution >= 4 is 42.4 Å². The van der Waals surface area contributed by atoms with Crippen molar-refractivity contribution < 1.29 is 12.8 Å². The molecule has 0 radical (unpaired) electrons. The largest absolute Gasteiger partial charge is 0.427 e. The van der Waals surface area contributed by atoms with E-state index in [0.29, 0.717) is 16.7 Å². The molecule has 7 heteroatoms. The molecule has 80 valence electrons. The Morgan fingerprint density at radius 2 is 2.13 bits per heavy atom. The van der Waals surface area contributed by atoms with Crippen LogP contribution < -0.4 is 0 Å². The minimum Gasteiger partial charge on any atom is -0.427 e. The van der Waals surface area contributed by atoms with Crippen LogP contribution in [0.5, 0.6) is 0 Å². The van der Waals surface area contributed by atoms with Crippen LogP contribution in [0.3, 0.4) is 0 Å². The summed E-state index contributed by atoms with van der Waals surface area (Å²) in [6.07, 6.45) is 0. The molecule has 1 heterocycles. The number of oxazole rings is 1. The zero-order valence-corrected chi connectivity index (χ0v) is 9.60. The van der Waals surface area contributed by atoms with Gasteiger partial charge in [-0.25, -0.2) is 8.42 Å². The Bertz CT molecular complexity index is 605. The Labute approximate surface area is 95.2 Å². The van der Waals surface area contributed by atoms with Crippen LogP contribution in [-0.2, 0) is 14.9 Å². The van der Waals surface area contributed by atoms with E-state index >= 15 is 0 Å². The van der Waals surface area contributed by atoms with Crippen molar-refractivity contribution in [1.29, 1.82) is 0 Å². The number of rotatable bonds is 2. The number of para-hydroxylation sites is 1. The van der Waals surface area contributed by atoms with Crippen LogP contribution in [0, 0.1) is 0 Å². The van der Waals surface area contributed by atoms with E-state index in [1.54, 1.807) is 18.2 Å². The highest BCUT2D eigenvalue weighted by atomic mass is 35.7. The van der Waals surface area contributed by atoms with E-state index in [4.69, 9.17) is 26.7 Å². The Balaban J connectivity index is 2.76. The average Bonchev–Trinajstić information content (AvgIpc) is 2.59. The third kappa shape index (κ3) is 1.95. The van der Waals surface area contributed by atoms with Gasteiger partial charge in [0.1, 0.15) is 5.52 Å². The van der Waals surface area contributed by atoms with Gasteiger partial charge in [0, 0.05) is 16.6 Å². The monoisotopic (exact) mass is 265 g/mol. The topological polar surface area (TPSA) is 60.2 Å². The first-order valence-corrected chi connectivity index (χ1v) is 6.76. The van der Waals surface area contributed by atoms with Gasteiger partial charge in [0.2, 0.25) is 0 Å². The fourth-order valence-corrected chi connectivity index (χ4v) is 2.00. The standard InChI is InChI=1S/C8H5Cl2NO3S/c9-4-5-2-1-3-6-7(5)11-8(14-6)15(10,12)13/h1-3H,4H2. The normalized spacial score (nSPS) is 12.1. The molecule has 0 N–H and O–H groups in total. The smallest absolute Gasteiger partial charge is 0.332 e. The van der Waals surface area contributed by atoms with E-state index in [-0.39, 0.29) is 5.88 Å². The lowest BCUT2D eigenvalue weighted by Gasteiger charge is -1.92. The fraction of sp³-hybridized carbons (Fsp3) is 0.125. The van der Waals surface area contributed by atoms with Crippen molar-refractivity contribution in [3.8, 4) is 0 Å². The summed E-state index contributed by atoms with van der Waals surface area (Å²) in [7, 11) is 1.17. The highest BCUT2D eigenvalue weighted by Crippen LogP contribution is 2.24. The highest BCUT2D eigenvalue weighted by molar-refractivity contribution is 8.13. The minimum absolute atomic E-state index is 0.228. The van der Waals surface area contributed by atoms with Gasteiger partial charge in [0.05, 0.1) is 0 Å². The van der Waals surface area contributed by atoms with Crippen molar-refractivity contribution in [3.05, 3.63) is 23.8 Å². The molecule has 0 aliphatic carbocycles. The van der Waals surface area contributed by atoms with Crippen molar-refractivity contribution in [3.63, 3.8) is 0 Å². The van der Waals surface area contributed by atoms with Gasteiger partial charge in [0.25, 0.3) is 0 Å². The number of hydrogen-bond acceptors (Lipinski definition) is 4. The molecule has 0 saturated carbocycles. The van der Waals surface area contributed by atoms with Crippen molar-refractivity contribution in [2.24, 2.45) is 0 Å². The number of fused-ring (bicyclic) bond motifs is 1. The number of alkyl halides is 1. The lowest BCUT2D eigenvalue weighted by atomic mass is 10.2. The van der Waals surface area contributed by atoms with Gasteiger partial charge < -0.3 is 4.42 Å². The summed E-state index contributed by atoms with van der Waals surface area (Å²) in [5.41, 5.74) is 1.48. The first-order valence-electron chi connectivity index (χ1n) is 3.91. The predicted molar refractivity (Wildman–Crippen MR) is 56.6 cm³/mol. The zero-order valence-electron chi connectivity index (χ0n) is 7.28. The molecule has 2 aromatic rings. The van der Waals surface area contributed by atoms with E-state index in [9.17, 15) is 8.42 Å². The van der Waals surface area contributed by atoms with Crippen LogP contribution in [0.2, 0.25) is 0 Å². The molecule has 2 rings (SSSR count). The second-order valence-corrected chi connectivity index (χ2v) is 5.53. The molecule has 15 heavy (non-hydrogen) atoms. The maximum absolute atomic E-state index is 11.0. The van der Waals surface area contributed by atoms with Gasteiger partial charge >= 0.3 is 14.3 Å². The molecule has 0 bridgehead atoms. The Hall–Kier alpha value is -0.780. The molecule has 4 nitrogen and oxygen atoms in total. The van der Waals surface area contributed by atoms with Crippen LogP contribution in [-0.4, -0.2) is 13.4 Å². The second kappa shape index (κ2) is 3.66. The molecule has 0 spiro atoms. The van der Waals surface area contributed by atoms with E-state index in [1.807, 2.05) is 0 Å². The summed E-state index contributed by atoms with van der Waals surface area (Å²) in [6, 6.07) is 5.04. The fourth-order valence-electron chi connectivity index (χ4n) is 1.20. The first kappa shape index (κ1) is 10.7. The Kier molecular flexibility index (Phi) is 2.62. The van der Waals surface area contributed by atoms with E-state index in [2.05, 4.69) is 4.98 Å². The first-order chi connectivity index (χ1) is 7.02. The van der Waals surface area contributed by atoms with Crippen LogP contribution in [0.4, 0.5) is 0 Å². The third-order valence-corrected chi connectivity index (χ3v) is 3.11. The van der Waals surface area contributed by atoms with Gasteiger partial charge in [-0.05, 0) is 11.6 Å². The molecule has 1 aromatic heterocycles. The zero-order chi connectivity index (χ0) is 11.1. The predicted octanol–water partition coefficient (Wildman–Crippen LogP) is 2.49. The van der Waals surface area contributed by atoms with Crippen LogP contribution in [0.25, 0.3) is 11.1 Å². The number of benzene rings is 1. The van der Waals surface area contributed by atoms with Crippen molar-refractivity contribution in [1.82, 2.24) is 4.98 Å². The van der Waals surface area contributed by atoms with E-state index < -0.39 is 14.3 Å². The van der Waals surface area contributed by atoms with Crippen molar-refractivity contribution in [2.75, 3.05) is 0 Å². The number of aromatic nitrogens is 1. The lowest BCUT2D eigenvalue weighted by molar-refractivity contribution is 0.464. The molecular formula is C8H5Cl2NO3S. The van der Waals surface area contributed by atoms with Gasteiger partial charge in [-0.15, -0.1) is 11.6 Å². The average molecular weight is 266 g/mol.